The summed E-state index contributed by atoms with van der Waals surface area (Å²) in [6.45, 7) is 2.10. The van der Waals surface area contributed by atoms with Crippen molar-refractivity contribution in [2.24, 2.45) is 14.1 Å². The Bertz CT molecular complexity index is 1330. The molecule has 0 saturated heterocycles. The summed E-state index contributed by atoms with van der Waals surface area (Å²) in [6.07, 6.45) is 0.921. The van der Waals surface area contributed by atoms with E-state index < -0.39 is 5.92 Å². The number of hydrogen-bond acceptors (Lipinski definition) is 3. The quantitative estimate of drug-likeness (QED) is 0.563. The molecule has 6 heteroatoms. The average molecular weight is 401 g/mol. The molecule has 2 aromatic carbocycles. The van der Waals surface area contributed by atoms with Crippen LogP contribution in [0, 0.1) is 0 Å². The van der Waals surface area contributed by atoms with Crippen LogP contribution in [0.3, 0.4) is 0 Å². The lowest BCUT2D eigenvalue weighted by Crippen LogP contribution is -2.75. The molecule has 3 aromatic rings. The fourth-order valence-corrected chi connectivity index (χ4v) is 4.56. The molecule has 1 aliphatic carbocycles. The van der Waals surface area contributed by atoms with Crippen molar-refractivity contribution in [3.05, 3.63) is 92.3 Å². The zero-order chi connectivity index (χ0) is 21.2. The highest BCUT2D eigenvalue weighted by atomic mass is 16.3. The number of fused-ring (bicyclic) bond motifs is 4. The molecule has 30 heavy (non-hydrogen) atoms. The van der Waals surface area contributed by atoms with E-state index in [2.05, 4.69) is 24.0 Å². The summed E-state index contributed by atoms with van der Waals surface area (Å²) in [5, 5.41) is 21.6. The van der Waals surface area contributed by atoms with Crippen molar-refractivity contribution in [2.45, 2.75) is 19.3 Å². The summed E-state index contributed by atoms with van der Waals surface area (Å²) in [4.78, 5) is 16.6. The molecule has 5 rings (SSSR count). The Labute approximate surface area is 173 Å². The maximum absolute atomic E-state index is 13.3. The number of hydrogen-bond donors (Lipinski definition) is 3. The van der Waals surface area contributed by atoms with Crippen LogP contribution in [0.4, 0.5) is 5.82 Å². The summed E-state index contributed by atoms with van der Waals surface area (Å²) in [5.41, 5.74) is 5.40. The van der Waals surface area contributed by atoms with E-state index in [1.807, 2.05) is 36.4 Å². The van der Waals surface area contributed by atoms with Crippen molar-refractivity contribution in [3.63, 3.8) is 0 Å². The third kappa shape index (κ3) is 2.33. The highest BCUT2D eigenvalue weighted by Crippen LogP contribution is 2.43. The summed E-state index contributed by atoms with van der Waals surface area (Å²) in [5.74, 6) is 0.254. The Morgan fingerprint density at radius 2 is 1.73 bits per heavy atom. The second kappa shape index (κ2) is 6.42. The molecule has 3 N–H and O–H groups in total. The van der Waals surface area contributed by atoms with Crippen molar-refractivity contribution >= 4 is 17.3 Å². The van der Waals surface area contributed by atoms with Crippen LogP contribution < -0.4 is 15.1 Å². The van der Waals surface area contributed by atoms with Gasteiger partial charge >= 0.3 is 11.8 Å². The van der Waals surface area contributed by atoms with Crippen LogP contribution in [-0.2, 0) is 20.5 Å². The van der Waals surface area contributed by atoms with Gasteiger partial charge in [-0.25, -0.2) is 4.57 Å². The van der Waals surface area contributed by atoms with Crippen LogP contribution in [0.2, 0.25) is 0 Å². The smallest absolute Gasteiger partial charge is 0.462 e. The van der Waals surface area contributed by atoms with E-state index in [0.717, 1.165) is 28.8 Å². The van der Waals surface area contributed by atoms with Gasteiger partial charge in [-0.1, -0.05) is 54.0 Å². The molecule has 0 bridgehead atoms. The van der Waals surface area contributed by atoms with Gasteiger partial charge < -0.3 is 10.2 Å². The van der Waals surface area contributed by atoms with Crippen molar-refractivity contribution in [3.8, 4) is 6.01 Å². The molecule has 2 aliphatic rings. The topological polar surface area (TPSA) is 80.3 Å². The van der Waals surface area contributed by atoms with Crippen LogP contribution in [-0.4, -0.2) is 20.5 Å². The number of aliphatic hydroxyl groups is 1. The lowest BCUT2D eigenvalue weighted by atomic mass is 9.81. The van der Waals surface area contributed by atoms with Gasteiger partial charge in [0.05, 0.1) is 17.1 Å². The molecule has 1 aromatic heterocycles. The van der Waals surface area contributed by atoms with Gasteiger partial charge in [0.1, 0.15) is 5.76 Å². The van der Waals surface area contributed by atoms with Gasteiger partial charge in [-0.15, -0.1) is 4.99 Å². The van der Waals surface area contributed by atoms with Crippen molar-refractivity contribution in [2.75, 3.05) is 0 Å². The number of aromatic nitrogens is 2. The SMILES string of the molecule is CCc1ccc(C2C3=C(O)c4ccccc4C3=[NH+]c3c2c(=O)n(C)c(O)[n+]3C)cc1. The van der Waals surface area contributed by atoms with Crippen LogP contribution in [0.25, 0.3) is 5.76 Å². The van der Waals surface area contributed by atoms with Gasteiger partial charge in [0, 0.05) is 12.6 Å². The fourth-order valence-electron chi connectivity index (χ4n) is 4.56. The maximum atomic E-state index is 13.3. The highest BCUT2D eigenvalue weighted by Gasteiger charge is 2.48. The van der Waals surface area contributed by atoms with E-state index >= 15 is 0 Å². The molecule has 2 heterocycles. The third-order valence-corrected chi connectivity index (χ3v) is 6.24. The number of aryl methyl sites for hydroxylation is 1. The Balaban J connectivity index is 1.89. The summed E-state index contributed by atoms with van der Waals surface area (Å²) in [7, 11) is 3.26. The number of nitrogens with one attached hydrogen (secondary N) is 1. The number of aromatic hydroxyl groups is 1. The number of aliphatic hydroxyl groups excluding tert-OH is 1. The zero-order valence-corrected chi connectivity index (χ0v) is 17.1. The van der Waals surface area contributed by atoms with Crippen LogP contribution >= 0.6 is 0 Å². The van der Waals surface area contributed by atoms with E-state index in [1.54, 1.807) is 18.7 Å². The monoisotopic (exact) mass is 401 g/mol. The van der Waals surface area contributed by atoms with Crippen molar-refractivity contribution in [1.82, 2.24) is 4.57 Å². The minimum atomic E-state index is -0.458. The first kappa shape index (κ1) is 18.4. The lowest BCUT2D eigenvalue weighted by molar-refractivity contribution is -0.723. The van der Waals surface area contributed by atoms with E-state index in [-0.39, 0.29) is 17.3 Å². The molecule has 0 amide bonds. The number of nitrogens with zero attached hydrogens (tertiary/aromatic N) is 2. The number of allylic oxidation sites excluding steroid dienone is 1. The van der Waals surface area contributed by atoms with E-state index in [4.69, 9.17) is 0 Å². The molecule has 1 atom stereocenters. The van der Waals surface area contributed by atoms with Crippen molar-refractivity contribution < 1.29 is 19.8 Å². The van der Waals surface area contributed by atoms with Gasteiger partial charge in [-0.3, -0.25) is 4.79 Å². The van der Waals surface area contributed by atoms with E-state index in [9.17, 15) is 15.0 Å². The normalized spacial score (nSPS) is 16.8. The second-order valence-electron chi connectivity index (χ2n) is 7.82. The molecular weight excluding hydrogens is 378 g/mol. The van der Waals surface area contributed by atoms with Crippen LogP contribution in [0.1, 0.15) is 40.7 Å². The predicted molar refractivity (Wildman–Crippen MR) is 113 cm³/mol. The predicted octanol–water partition coefficient (Wildman–Crippen LogP) is 1.11. The minimum Gasteiger partial charge on any atom is -0.507 e. The Morgan fingerprint density at radius 1 is 1.07 bits per heavy atom. The molecule has 0 radical (unpaired) electrons. The minimum absolute atomic E-state index is 0.144. The number of benzene rings is 2. The summed E-state index contributed by atoms with van der Waals surface area (Å²) < 4.78 is 2.81. The zero-order valence-electron chi connectivity index (χ0n) is 17.1. The van der Waals surface area contributed by atoms with E-state index in [1.165, 1.54) is 10.1 Å². The molecule has 6 nitrogen and oxygen atoms in total. The Hall–Kier alpha value is -3.67. The third-order valence-electron chi connectivity index (χ3n) is 6.24. The molecule has 1 unspecified atom stereocenters. The standard InChI is InChI=1S/C24H21N3O3/c1-4-13-9-11-14(12-10-13)17-18-20(15-7-5-6-8-16(15)21(18)28)25-22-19(17)23(29)27(3)24(30)26(22)2/h5-12,17H,4H2,1-3H3,(H,25,28,29)/p+2. The van der Waals surface area contributed by atoms with Gasteiger partial charge in [-0.2, -0.15) is 0 Å². The summed E-state index contributed by atoms with van der Waals surface area (Å²) in [6, 6.07) is 15.6. The molecule has 1 aliphatic heterocycles. The maximum Gasteiger partial charge on any atom is 0.462 e. The highest BCUT2D eigenvalue weighted by molar-refractivity contribution is 6.21. The van der Waals surface area contributed by atoms with Crippen LogP contribution in [0.15, 0.2) is 58.9 Å². The van der Waals surface area contributed by atoms with Gasteiger partial charge in [0.15, 0.2) is 12.6 Å². The lowest BCUT2D eigenvalue weighted by Gasteiger charge is -2.21. The Kier molecular flexibility index (Phi) is 3.93. The fraction of sp³-hybridized carbons (Fsp3) is 0.208. The molecule has 0 fully saturated rings. The first-order valence-electron chi connectivity index (χ1n) is 10.0. The van der Waals surface area contributed by atoms with E-state index in [0.29, 0.717) is 17.0 Å². The molecular formula is C24H23N3O3+2. The average Bonchev–Trinajstić information content (AvgIpc) is 3.07. The number of rotatable bonds is 2. The van der Waals surface area contributed by atoms with Crippen LogP contribution in [0.5, 0.6) is 6.01 Å². The molecule has 0 spiro atoms. The molecule has 0 saturated carbocycles. The first-order chi connectivity index (χ1) is 14.4. The summed E-state index contributed by atoms with van der Waals surface area (Å²) >= 11 is 0. The first-order valence-corrected chi connectivity index (χ1v) is 10.0. The van der Waals surface area contributed by atoms with Gasteiger partial charge in [-0.05, 0) is 23.6 Å². The van der Waals surface area contributed by atoms with Gasteiger partial charge in [0.25, 0.3) is 5.56 Å². The Morgan fingerprint density at radius 3 is 2.40 bits per heavy atom. The largest absolute Gasteiger partial charge is 0.507 e. The van der Waals surface area contributed by atoms with Gasteiger partial charge in [0.2, 0.25) is 5.71 Å². The molecule has 150 valence electrons. The second-order valence-corrected chi connectivity index (χ2v) is 7.82. The van der Waals surface area contributed by atoms with Crippen molar-refractivity contribution in [1.29, 1.82) is 0 Å².